The molecule has 0 radical (unpaired) electrons. The van der Waals surface area contributed by atoms with Gasteiger partial charge >= 0.3 is 184 Å². The van der Waals surface area contributed by atoms with Crippen LogP contribution in [0.25, 0.3) is 12.2 Å². The molecule has 2 aromatic carbocycles. The molecule has 2 aromatic rings. The molecule has 0 saturated carbocycles. The molecule has 2 atom stereocenters. The summed E-state index contributed by atoms with van der Waals surface area (Å²) >= 11 is -4.58. The third-order valence-corrected chi connectivity index (χ3v) is 26.9. The molecule has 2 unspecified atom stereocenters. The summed E-state index contributed by atoms with van der Waals surface area (Å²) in [5.74, 6) is 0. The Morgan fingerprint density at radius 2 is 1.00 bits per heavy atom. The molecular formula is C26H30Cl2Zr. The van der Waals surface area contributed by atoms with E-state index in [0.29, 0.717) is 0 Å². The van der Waals surface area contributed by atoms with Crippen molar-refractivity contribution in [3.05, 3.63) is 79.9 Å². The molecule has 0 fully saturated rings. The molecule has 0 spiro atoms. The van der Waals surface area contributed by atoms with Gasteiger partial charge in [-0.15, -0.1) is 0 Å². The van der Waals surface area contributed by atoms with E-state index in [1.807, 2.05) is 0 Å². The van der Waals surface area contributed by atoms with Crippen molar-refractivity contribution < 1.29 is 15.9 Å². The molecule has 3 heteroatoms. The second kappa shape index (κ2) is 6.88. The normalized spacial score (nSPS) is 20.9. The first-order valence-corrected chi connectivity index (χ1v) is 21.0. The van der Waals surface area contributed by atoms with Gasteiger partial charge in [0.1, 0.15) is 0 Å². The van der Waals surface area contributed by atoms with Crippen molar-refractivity contribution in [3.8, 4) is 0 Å². The Balaban J connectivity index is 2.06. The van der Waals surface area contributed by atoms with Crippen LogP contribution in [0, 0.1) is 27.7 Å². The van der Waals surface area contributed by atoms with Crippen molar-refractivity contribution in [3.63, 3.8) is 0 Å². The summed E-state index contributed by atoms with van der Waals surface area (Å²) in [6.45, 7) is 15.4. The third-order valence-electron chi connectivity index (χ3n) is 7.33. The fourth-order valence-corrected chi connectivity index (χ4v) is 24.3. The number of halogens is 2. The first kappa shape index (κ1) is 21.5. The summed E-state index contributed by atoms with van der Waals surface area (Å²) in [6, 6.07) is 8.89. The Kier molecular flexibility index (Phi) is 5.10. The van der Waals surface area contributed by atoms with E-state index >= 15 is 0 Å². The van der Waals surface area contributed by atoms with Crippen LogP contribution in [0.4, 0.5) is 0 Å². The molecule has 0 heterocycles. The second-order valence-electron chi connectivity index (χ2n) is 9.21. The fraction of sp³-hybridized carbons (Fsp3) is 0.346. The van der Waals surface area contributed by atoms with E-state index in [2.05, 4.69) is 88.6 Å². The van der Waals surface area contributed by atoms with Crippen molar-refractivity contribution >= 4 is 32.9 Å². The maximum absolute atomic E-state index is 7.92. The van der Waals surface area contributed by atoms with Crippen molar-refractivity contribution in [2.75, 3.05) is 0 Å². The first-order valence-electron chi connectivity index (χ1n) is 10.5. The van der Waals surface area contributed by atoms with Crippen molar-refractivity contribution in [2.24, 2.45) is 0 Å². The first-order chi connectivity index (χ1) is 13.5. The van der Waals surface area contributed by atoms with Gasteiger partial charge in [0.15, 0.2) is 0 Å². The molecule has 2 aliphatic rings. The fourth-order valence-electron chi connectivity index (χ4n) is 5.86. The van der Waals surface area contributed by atoms with Crippen LogP contribution in [0.1, 0.15) is 72.5 Å². The number of fused-ring (bicyclic) bond motifs is 2. The monoisotopic (exact) mass is 502 g/mol. The van der Waals surface area contributed by atoms with E-state index in [1.165, 1.54) is 55.7 Å². The van der Waals surface area contributed by atoms with E-state index in [1.54, 1.807) is 0 Å². The van der Waals surface area contributed by atoms with Crippen LogP contribution in [0.5, 0.6) is 0 Å². The van der Waals surface area contributed by atoms with Gasteiger partial charge in [-0.25, -0.2) is 0 Å². The molecule has 4 rings (SSSR count). The molecule has 29 heavy (non-hydrogen) atoms. The van der Waals surface area contributed by atoms with Gasteiger partial charge in [0.2, 0.25) is 0 Å². The Bertz CT molecular complexity index is 1100. The quantitative estimate of drug-likeness (QED) is 0.385. The van der Waals surface area contributed by atoms with Crippen molar-refractivity contribution in [2.45, 2.75) is 55.7 Å². The van der Waals surface area contributed by atoms with Gasteiger partial charge in [0.05, 0.1) is 0 Å². The van der Waals surface area contributed by atoms with E-state index in [-0.39, 0.29) is 7.25 Å². The Labute approximate surface area is 183 Å². The number of hydrogen-bond acceptors (Lipinski definition) is 0. The maximum atomic E-state index is 7.92. The van der Waals surface area contributed by atoms with Crippen LogP contribution < -0.4 is 0 Å². The summed E-state index contributed by atoms with van der Waals surface area (Å²) < 4.78 is 2.47. The van der Waals surface area contributed by atoms with Gasteiger partial charge in [-0.3, -0.25) is 0 Å². The number of hydrogen-bond donors (Lipinski definition) is 0. The zero-order chi connectivity index (χ0) is 21.3. The predicted octanol–water partition coefficient (Wildman–Crippen LogP) is 8.36. The molecule has 0 bridgehead atoms. The predicted molar refractivity (Wildman–Crippen MR) is 128 cm³/mol. The number of allylic oxidation sites excluding steroid dienone is 2. The van der Waals surface area contributed by atoms with Crippen LogP contribution in [-0.2, 0) is 15.9 Å². The van der Waals surface area contributed by atoms with Crippen molar-refractivity contribution in [1.82, 2.24) is 0 Å². The summed E-state index contributed by atoms with van der Waals surface area (Å²) in [5, 5.41) is 0. The Morgan fingerprint density at radius 1 is 0.655 bits per heavy atom. The van der Waals surface area contributed by atoms with Crippen LogP contribution >= 0.6 is 17.0 Å². The zero-order valence-corrected chi connectivity index (χ0v) is 22.4. The molecule has 0 aromatic heterocycles. The van der Waals surface area contributed by atoms with Gasteiger partial charge in [0, 0.05) is 0 Å². The number of rotatable bonds is 2. The van der Waals surface area contributed by atoms with Gasteiger partial charge in [-0.05, 0) is 0 Å². The minimum atomic E-state index is -4.58. The van der Waals surface area contributed by atoms with Crippen molar-refractivity contribution in [1.29, 1.82) is 0 Å². The molecular weight excluding hydrogens is 474 g/mol. The molecule has 0 aliphatic heterocycles. The van der Waals surface area contributed by atoms with Gasteiger partial charge in [0.25, 0.3) is 0 Å². The minimum absolute atomic E-state index is 0.110. The Hall–Kier alpha value is -0.747. The van der Waals surface area contributed by atoms with E-state index in [9.17, 15) is 0 Å². The van der Waals surface area contributed by atoms with E-state index < -0.39 is 15.9 Å². The Morgan fingerprint density at radius 3 is 1.34 bits per heavy atom. The second-order valence-corrected chi connectivity index (χ2v) is 30.6. The van der Waals surface area contributed by atoms with Crippen LogP contribution in [0.2, 0.25) is 0 Å². The molecule has 2 aliphatic carbocycles. The summed E-state index contributed by atoms with van der Waals surface area (Å²) in [4.78, 5) is 0. The van der Waals surface area contributed by atoms with Crippen LogP contribution in [-0.4, -0.2) is 3.71 Å². The molecule has 0 N–H and O–H groups in total. The summed E-state index contributed by atoms with van der Waals surface area (Å²) in [5.41, 5.74) is 13.2. The average Bonchev–Trinajstić information content (AvgIpc) is 3.21. The third kappa shape index (κ3) is 2.91. The SMILES string of the molecule is C[CH]=[Zr]([Cl])([Cl])([CH]1C(C)=Cc2c(C)ccc(C)c21)[CH]1C(C)=Cc2c(C)ccc(C)c21. The van der Waals surface area contributed by atoms with Crippen LogP contribution in [0.15, 0.2) is 35.4 Å². The van der Waals surface area contributed by atoms with Gasteiger partial charge < -0.3 is 0 Å². The summed E-state index contributed by atoms with van der Waals surface area (Å²) in [7, 11) is 15.8. The molecule has 0 amide bonds. The molecule has 0 nitrogen and oxygen atoms in total. The van der Waals surface area contributed by atoms with E-state index in [4.69, 9.17) is 17.0 Å². The standard InChI is InChI=1S/2C12H13.C2H4.2ClH.Zr/c2*1-8-6-11-9(2)4-5-10(3)12(11)7-8;1-2;;;/h2*4-7H,1-3H3;1H,2H3;2*1H;/q;;;;;+2/p-2. The zero-order valence-electron chi connectivity index (χ0n) is 18.5. The number of aryl methyl sites for hydroxylation is 4. The molecule has 152 valence electrons. The summed E-state index contributed by atoms with van der Waals surface area (Å²) in [6.07, 6.45) is 4.67. The molecule has 0 saturated heterocycles. The van der Waals surface area contributed by atoms with Gasteiger partial charge in [-0.1, -0.05) is 0 Å². The number of benzene rings is 2. The van der Waals surface area contributed by atoms with Crippen LogP contribution in [0.3, 0.4) is 0 Å². The van der Waals surface area contributed by atoms with Gasteiger partial charge in [-0.2, -0.15) is 0 Å². The topological polar surface area (TPSA) is 0 Å². The van der Waals surface area contributed by atoms with E-state index in [0.717, 1.165) is 0 Å². The average molecular weight is 505 g/mol.